The maximum Gasteiger partial charge on any atom is 0.179 e. The van der Waals surface area contributed by atoms with Crippen LogP contribution in [0.1, 0.15) is 6.42 Å². The summed E-state index contributed by atoms with van der Waals surface area (Å²) in [4.78, 5) is 7.50. The number of fused-ring (bicyclic) bond motifs is 1. The summed E-state index contributed by atoms with van der Waals surface area (Å²) in [6.07, 6.45) is 2.70. The summed E-state index contributed by atoms with van der Waals surface area (Å²) in [6, 6.07) is 1.98. The van der Waals surface area contributed by atoms with Gasteiger partial charge in [-0.3, -0.25) is 0 Å². The van der Waals surface area contributed by atoms with Crippen molar-refractivity contribution in [3.63, 3.8) is 0 Å². The van der Waals surface area contributed by atoms with Crippen LogP contribution in [-0.4, -0.2) is 28.3 Å². The molecular formula is C10H12BrN3OS. The van der Waals surface area contributed by atoms with Crippen LogP contribution in [0, 0.1) is 4.77 Å². The van der Waals surface area contributed by atoms with Crippen LogP contribution in [0.25, 0.3) is 11.2 Å². The first-order chi connectivity index (χ1) is 7.72. The third-order valence-electron chi connectivity index (χ3n) is 2.31. The Labute approximate surface area is 107 Å². The van der Waals surface area contributed by atoms with E-state index >= 15 is 0 Å². The van der Waals surface area contributed by atoms with Crippen molar-refractivity contribution in [2.45, 2.75) is 13.0 Å². The van der Waals surface area contributed by atoms with Crippen molar-refractivity contribution in [3.8, 4) is 0 Å². The van der Waals surface area contributed by atoms with Gasteiger partial charge in [0, 0.05) is 30.9 Å². The number of aryl methyl sites for hydroxylation is 1. The van der Waals surface area contributed by atoms with Gasteiger partial charge in [-0.05, 0) is 40.6 Å². The topological polar surface area (TPSA) is 42.8 Å². The van der Waals surface area contributed by atoms with E-state index in [1.807, 2.05) is 10.6 Å². The highest BCUT2D eigenvalue weighted by Crippen LogP contribution is 2.17. The van der Waals surface area contributed by atoms with Crippen molar-refractivity contribution in [1.29, 1.82) is 0 Å². The number of imidazole rings is 1. The van der Waals surface area contributed by atoms with E-state index < -0.39 is 0 Å². The number of aromatic nitrogens is 3. The van der Waals surface area contributed by atoms with E-state index in [1.54, 1.807) is 13.3 Å². The molecule has 0 saturated carbocycles. The molecule has 0 unspecified atom stereocenters. The van der Waals surface area contributed by atoms with Crippen LogP contribution < -0.4 is 0 Å². The molecule has 2 heterocycles. The average molecular weight is 302 g/mol. The molecule has 0 aromatic carbocycles. The molecule has 0 atom stereocenters. The zero-order valence-corrected chi connectivity index (χ0v) is 11.3. The lowest BCUT2D eigenvalue weighted by molar-refractivity contribution is 0.190. The second kappa shape index (κ2) is 5.07. The molecule has 0 saturated heterocycles. The third-order valence-corrected chi connectivity index (χ3v) is 3.06. The van der Waals surface area contributed by atoms with E-state index in [4.69, 9.17) is 17.0 Å². The molecule has 2 aromatic heterocycles. The number of H-pyrrole nitrogens is 1. The molecule has 16 heavy (non-hydrogen) atoms. The second-order valence-electron chi connectivity index (χ2n) is 3.45. The molecule has 2 rings (SSSR count). The molecule has 0 aliphatic carbocycles. The fraction of sp³-hybridized carbons (Fsp3) is 0.400. The Hall–Kier alpha value is -0.720. The first-order valence-corrected chi connectivity index (χ1v) is 6.15. The highest BCUT2D eigenvalue weighted by Gasteiger charge is 2.05. The monoisotopic (exact) mass is 301 g/mol. The van der Waals surface area contributed by atoms with Gasteiger partial charge in [0.15, 0.2) is 10.4 Å². The lowest BCUT2D eigenvalue weighted by atomic mass is 10.4. The molecule has 0 amide bonds. The van der Waals surface area contributed by atoms with Gasteiger partial charge in [-0.2, -0.15) is 0 Å². The Balaban J connectivity index is 2.36. The largest absolute Gasteiger partial charge is 0.385 e. The summed E-state index contributed by atoms with van der Waals surface area (Å²) in [7, 11) is 1.70. The average Bonchev–Trinajstić information content (AvgIpc) is 2.55. The highest BCUT2D eigenvalue weighted by atomic mass is 79.9. The number of nitrogens with zero attached hydrogens (tertiary/aromatic N) is 2. The van der Waals surface area contributed by atoms with Crippen molar-refractivity contribution in [1.82, 2.24) is 14.5 Å². The number of aromatic amines is 1. The lowest BCUT2D eigenvalue weighted by Gasteiger charge is -2.02. The Kier molecular flexibility index (Phi) is 3.73. The standard InChI is InChI=1S/C10H12BrN3OS/c1-15-4-2-3-14-9-8(13-10(14)16)5-7(11)6-12-9/h5-6H,2-4H2,1H3,(H,13,16). The van der Waals surface area contributed by atoms with Crippen molar-refractivity contribution in [2.75, 3.05) is 13.7 Å². The quantitative estimate of drug-likeness (QED) is 0.697. The maximum absolute atomic E-state index is 5.26. The molecule has 1 N–H and O–H groups in total. The van der Waals surface area contributed by atoms with Crippen LogP contribution in [-0.2, 0) is 11.3 Å². The number of halogens is 1. The molecule has 6 heteroatoms. The van der Waals surface area contributed by atoms with E-state index in [1.165, 1.54) is 0 Å². The lowest BCUT2D eigenvalue weighted by Crippen LogP contribution is -2.02. The van der Waals surface area contributed by atoms with Gasteiger partial charge in [-0.1, -0.05) is 0 Å². The van der Waals surface area contributed by atoms with E-state index in [0.717, 1.165) is 35.2 Å². The SMILES string of the molecule is COCCCn1c(=S)[nH]c2cc(Br)cnc21. The number of nitrogens with one attached hydrogen (secondary N) is 1. The zero-order valence-electron chi connectivity index (χ0n) is 8.86. The van der Waals surface area contributed by atoms with Crippen molar-refractivity contribution < 1.29 is 4.74 Å². The molecule has 0 aliphatic rings. The van der Waals surface area contributed by atoms with E-state index in [0.29, 0.717) is 4.77 Å². The molecule has 0 radical (unpaired) electrons. The Bertz CT molecular complexity index is 548. The first kappa shape index (κ1) is 11.8. The summed E-state index contributed by atoms with van der Waals surface area (Å²) < 4.78 is 8.67. The third kappa shape index (κ3) is 2.34. The maximum atomic E-state index is 5.26. The van der Waals surface area contributed by atoms with Crippen LogP contribution >= 0.6 is 28.1 Å². The number of pyridine rings is 1. The molecule has 4 nitrogen and oxygen atoms in total. The van der Waals surface area contributed by atoms with Crippen LogP contribution in [0.5, 0.6) is 0 Å². The minimum Gasteiger partial charge on any atom is -0.385 e. The number of methoxy groups -OCH3 is 1. The fourth-order valence-electron chi connectivity index (χ4n) is 1.59. The number of hydrogen-bond acceptors (Lipinski definition) is 3. The first-order valence-electron chi connectivity index (χ1n) is 4.95. The van der Waals surface area contributed by atoms with E-state index in [-0.39, 0.29) is 0 Å². The van der Waals surface area contributed by atoms with Crippen LogP contribution in [0.2, 0.25) is 0 Å². The van der Waals surface area contributed by atoms with Crippen LogP contribution in [0.15, 0.2) is 16.7 Å². The number of hydrogen-bond donors (Lipinski definition) is 1. The van der Waals surface area contributed by atoms with Gasteiger partial charge >= 0.3 is 0 Å². The van der Waals surface area contributed by atoms with Gasteiger partial charge in [0.05, 0.1) is 5.52 Å². The van der Waals surface area contributed by atoms with Gasteiger partial charge in [0.1, 0.15) is 0 Å². The van der Waals surface area contributed by atoms with E-state index in [9.17, 15) is 0 Å². The van der Waals surface area contributed by atoms with Gasteiger partial charge in [-0.15, -0.1) is 0 Å². The normalized spacial score (nSPS) is 11.1. The van der Waals surface area contributed by atoms with Crippen molar-refractivity contribution in [3.05, 3.63) is 21.5 Å². The minimum atomic E-state index is 0.705. The number of ether oxygens (including phenoxy) is 1. The van der Waals surface area contributed by atoms with Crippen molar-refractivity contribution >= 4 is 39.3 Å². The fourth-order valence-corrected chi connectivity index (χ4v) is 2.21. The van der Waals surface area contributed by atoms with Gasteiger partial charge in [-0.25, -0.2) is 4.98 Å². The zero-order chi connectivity index (χ0) is 11.5. The molecule has 0 bridgehead atoms. The Morgan fingerprint density at radius 2 is 2.44 bits per heavy atom. The molecule has 0 aliphatic heterocycles. The second-order valence-corrected chi connectivity index (χ2v) is 4.76. The van der Waals surface area contributed by atoms with Crippen LogP contribution in [0.3, 0.4) is 0 Å². The Morgan fingerprint density at radius 1 is 1.62 bits per heavy atom. The van der Waals surface area contributed by atoms with E-state index in [2.05, 4.69) is 25.9 Å². The van der Waals surface area contributed by atoms with Gasteiger partial charge < -0.3 is 14.3 Å². The van der Waals surface area contributed by atoms with Gasteiger partial charge in [0.2, 0.25) is 0 Å². The molecule has 86 valence electrons. The predicted molar refractivity (Wildman–Crippen MR) is 69.1 cm³/mol. The molecular weight excluding hydrogens is 290 g/mol. The highest BCUT2D eigenvalue weighted by molar-refractivity contribution is 9.10. The van der Waals surface area contributed by atoms with Crippen LogP contribution in [0.4, 0.5) is 0 Å². The molecule has 0 spiro atoms. The predicted octanol–water partition coefficient (Wildman–Crippen LogP) is 2.89. The van der Waals surface area contributed by atoms with Gasteiger partial charge in [0.25, 0.3) is 0 Å². The summed E-state index contributed by atoms with van der Waals surface area (Å²) in [5.41, 5.74) is 1.85. The summed E-state index contributed by atoms with van der Waals surface area (Å²) >= 11 is 8.64. The summed E-state index contributed by atoms with van der Waals surface area (Å²) in [6.45, 7) is 1.55. The molecule has 0 fully saturated rings. The van der Waals surface area contributed by atoms with Crippen molar-refractivity contribution in [2.24, 2.45) is 0 Å². The summed E-state index contributed by atoms with van der Waals surface area (Å²) in [5.74, 6) is 0. The molecule has 2 aromatic rings. The Morgan fingerprint density at radius 3 is 3.19 bits per heavy atom. The smallest absolute Gasteiger partial charge is 0.179 e. The summed E-state index contributed by atoms with van der Waals surface area (Å²) in [5, 5.41) is 0. The number of rotatable bonds is 4. The minimum absolute atomic E-state index is 0.705.